The largest absolute Gasteiger partial charge is 0.381 e. The molecule has 1 unspecified atom stereocenters. The van der Waals surface area contributed by atoms with E-state index in [9.17, 15) is 4.79 Å². The van der Waals surface area contributed by atoms with Crippen LogP contribution < -0.4 is 10.6 Å². The number of likely N-dealkylation sites (N-methyl/N-ethyl adjacent to an activating group) is 1. The van der Waals surface area contributed by atoms with Crippen LogP contribution in [0.1, 0.15) is 17.5 Å². The molecule has 0 bridgehead atoms. The number of carbonyl (C=O) groups excluding carboxylic acids is 1. The second kappa shape index (κ2) is 11.3. The first-order chi connectivity index (χ1) is 11.6. The van der Waals surface area contributed by atoms with E-state index in [-0.39, 0.29) is 36.4 Å². The smallest absolute Gasteiger partial charge is 0.241 e. The number of amides is 1. The van der Waals surface area contributed by atoms with Crippen LogP contribution in [-0.4, -0.2) is 57.2 Å². The molecule has 1 aromatic carbocycles. The fourth-order valence-electron chi connectivity index (χ4n) is 2.43. The Hall–Kier alpha value is -1.35. The molecular weight excluding hydrogens is 431 g/mol. The number of nitrogens with zero attached hydrogens (tertiary/aromatic N) is 2. The average molecular weight is 460 g/mol. The molecule has 0 aliphatic carbocycles. The van der Waals surface area contributed by atoms with E-state index in [1.54, 1.807) is 19.0 Å². The highest BCUT2D eigenvalue weighted by atomic mass is 127. The standard InChI is InChI=1S/C18H28N4O2.HI/c1-14-6-4-5-7-16(14)11-20-18(21-12-17(23)22(2)3)19-10-15-8-9-24-13-15;/h4-7,15H,8-13H2,1-3H3,(H2,19,20,21);1H. The lowest BCUT2D eigenvalue weighted by Crippen LogP contribution is -2.44. The minimum atomic E-state index is 0. The van der Waals surface area contributed by atoms with Crippen molar-refractivity contribution in [2.75, 3.05) is 40.4 Å². The summed E-state index contributed by atoms with van der Waals surface area (Å²) in [7, 11) is 3.49. The van der Waals surface area contributed by atoms with Crippen LogP contribution in [0.4, 0.5) is 0 Å². The second-order valence-electron chi connectivity index (χ2n) is 6.34. The van der Waals surface area contributed by atoms with Crippen molar-refractivity contribution >= 4 is 35.8 Å². The fraction of sp³-hybridized carbons (Fsp3) is 0.556. The van der Waals surface area contributed by atoms with Gasteiger partial charge in [0.2, 0.25) is 5.91 Å². The molecule has 7 heteroatoms. The number of aliphatic imine (C=N–C) groups is 1. The van der Waals surface area contributed by atoms with Crippen molar-refractivity contribution in [1.29, 1.82) is 0 Å². The van der Waals surface area contributed by atoms with E-state index in [1.807, 2.05) is 12.1 Å². The third kappa shape index (κ3) is 7.60. The molecule has 1 fully saturated rings. The van der Waals surface area contributed by atoms with Gasteiger partial charge in [-0.1, -0.05) is 24.3 Å². The Labute approximate surface area is 167 Å². The van der Waals surface area contributed by atoms with Crippen molar-refractivity contribution in [2.45, 2.75) is 19.9 Å². The van der Waals surface area contributed by atoms with Crippen LogP contribution in [0, 0.1) is 12.8 Å². The molecule has 1 aliphatic heterocycles. The van der Waals surface area contributed by atoms with Crippen molar-refractivity contribution in [3.63, 3.8) is 0 Å². The minimum absolute atomic E-state index is 0. The molecule has 1 amide bonds. The van der Waals surface area contributed by atoms with Crippen LogP contribution in [0.5, 0.6) is 0 Å². The summed E-state index contributed by atoms with van der Waals surface area (Å²) in [6.45, 7) is 5.31. The van der Waals surface area contributed by atoms with Gasteiger partial charge in [-0.15, -0.1) is 24.0 Å². The number of halogens is 1. The zero-order chi connectivity index (χ0) is 17.4. The summed E-state index contributed by atoms with van der Waals surface area (Å²) in [5, 5.41) is 6.46. The summed E-state index contributed by atoms with van der Waals surface area (Å²) >= 11 is 0. The first-order valence-corrected chi connectivity index (χ1v) is 8.41. The molecule has 1 aromatic rings. The minimum Gasteiger partial charge on any atom is -0.381 e. The average Bonchev–Trinajstić information content (AvgIpc) is 3.08. The molecule has 1 atom stereocenters. The monoisotopic (exact) mass is 460 g/mol. The Balaban J connectivity index is 0.00000312. The van der Waals surface area contributed by atoms with Gasteiger partial charge in [0.15, 0.2) is 5.96 Å². The second-order valence-corrected chi connectivity index (χ2v) is 6.34. The molecule has 2 rings (SSSR count). The number of nitrogens with one attached hydrogen (secondary N) is 2. The molecule has 1 aliphatic rings. The Morgan fingerprint density at radius 2 is 2.08 bits per heavy atom. The topological polar surface area (TPSA) is 66.0 Å². The molecule has 25 heavy (non-hydrogen) atoms. The van der Waals surface area contributed by atoms with Crippen LogP contribution >= 0.6 is 24.0 Å². The zero-order valence-electron chi connectivity index (χ0n) is 15.2. The number of hydrogen-bond acceptors (Lipinski definition) is 3. The molecule has 0 radical (unpaired) electrons. The van der Waals surface area contributed by atoms with Crippen molar-refractivity contribution in [3.8, 4) is 0 Å². The Bertz CT molecular complexity index is 572. The third-order valence-corrected chi connectivity index (χ3v) is 4.16. The van der Waals surface area contributed by atoms with Gasteiger partial charge in [-0.25, -0.2) is 4.99 Å². The highest BCUT2D eigenvalue weighted by Gasteiger charge is 2.16. The summed E-state index contributed by atoms with van der Waals surface area (Å²) in [6, 6.07) is 8.20. The number of aryl methyl sites for hydroxylation is 1. The van der Waals surface area contributed by atoms with Crippen molar-refractivity contribution in [1.82, 2.24) is 15.5 Å². The fourth-order valence-corrected chi connectivity index (χ4v) is 2.43. The number of hydrogen-bond donors (Lipinski definition) is 2. The summed E-state index contributed by atoms with van der Waals surface area (Å²) in [6.07, 6.45) is 1.06. The third-order valence-electron chi connectivity index (χ3n) is 4.16. The number of carbonyl (C=O) groups is 1. The van der Waals surface area contributed by atoms with Crippen LogP contribution in [0.2, 0.25) is 0 Å². The Kier molecular flexibility index (Phi) is 9.81. The predicted octanol–water partition coefficient (Wildman–Crippen LogP) is 1.77. The van der Waals surface area contributed by atoms with E-state index < -0.39 is 0 Å². The number of benzene rings is 1. The molecule has 2 N–H and O–H groups in total. The quantitative estimate of drug-likeness (QED) is 0.386. The maximum Gasteiger partial charge on any atom is 0.241 e. The van der Waals surface area contributed by atoms with Gasteiger partial charge in [0, 0.05) is 33.2 Å². The lowest BCUT2D eigenvalue weighted by molar-refractivity contribution is -0.127. The van der Waals surface area contributed by atoms with E-state index >= 15 is 0 Å². The lowest BCUT2D eigenvalue weighted by Gasteiger charge is -2.16. The summed E-state index contributed by atoms with van der Waals surface area (Å²) in [4.78, 5) is 18.0. The normalized spacial score (nSPS) is 16.9. The summed E-state index contributed by atoms with van der Waals surface area (Å²) in [5.74, 6) is 1.19. The van der Waals surface area contributed by atoms with Gasteiger partial charge in [-0.3, -0.25) is 4.79 Å². The predicted molar refractivity (Wildman–Crippen MR) is 111 cm³/mol. The molecule has 0 aromatic heterocycles. The van der Waals surface area contributed by atoms with Gasteiger partial charge in [0.05, 0.1) is 19.7 Å². The van der Waals surface area contributed by atoms with E-state index in [0.717, 1.165) is 26.2 Å². The molecule has 0 spiro atoms. The maximum absolute atomic E-state index is 11.8. The SMILES string of the molecule is Cc1ccccc1CN=C(NCC(=O)N(C)C)NCC1CCOC1.I. The van der Waals surface area contributed by atoms with E-state index in [2.05, 4.69) is 34.7 Å². The van der Waals surface area contributed by atoms with Crippen molar-refractivity contribution in [3.05, 3.63) is 35.4 Å². The summed E-state index contributed by atoms with van der Waals surface area (Å²) in [5.41, 5.74) is 2.40. The van der Waals surface area contributed by atoms with Crippen molar-refractivity contribution < 1.29 is 9.53 Å². The van der Waals surface area contributed by atoms with E-state index in [1.165, 1.54) is 11.1 Å². The van der Waals surface area contributed by atoms with Crippen LogP contribution in [0.15, 0.2) is 29.3 Å². The molecular formula is C18H29IN4O2. The molecule has 1 saturated heterocycles. The van der Waals surface area contributed by atoms with Gasteiger partial charge >= 0.3 is 0 Å². The number of rotatable bonds is 6. The Morgan fingerprint density at radius 3 is 2.72 bits per heavy atom. The molecule has 0 saturated carbocycles. The Morgan fingerprint density at radius 1 is 1.32 bits per heavy atom. The van der Waals surface area contributed by atoms with Gasteiger partial charge < -0.3 is 20.3 Å². The van der Waals surface area contributed by atoms with Crippen LogP contribution in [0.3, 0.4) is 0 Å². The lowest BCUT2D eigenvalue weighted by atomic mass is 10.1. The van der Waals surface area contributed by atoms with Gasteiger partial charge in [-0.05, 0) is 24.5 Å². The molecule has 6 nitrogen and oxygen atoms in total. The van der Waals surface area contributed by atoms with E-state index in [0.29, 0.717) is 18.4 Å². The van der Waals surface area contributed by atoms with Crippen molar-refractivity contribution in [2.24, 2.45) is 10.9 Å². The first-order valence-electron chi connectivity index (χ1n) is 8.41. The molecule has 140 valence electrons. The highest BCUT2D eigenvalue weighted by Crippen LogP contribution is 2.11. The van der Waals surface area contributed by atoms with Gasteiger partial charge in [-0.2, -0.15) is 0 Å². The number of guanidine groups is 1. The highest BCUT2D eigenvalue weighted by molar-refractivity contribution is 14.0. The van der Waals surface area contributed by atoms with Gasteiger partial charge in [0.25, 0.3) is 0 Å². The van der Waals surface area contributed by atoms with Gasteiger partial charge in [0.1, 0.15) is 0 Å². The molecule has 1 heterocycles. The van der Waals surface area contributed by atoms with Crippen LogP contribution in [0.25, 0.3) is 0 Å². The first kappa shape index (κ1) is 21.7. The zero-order valence-corrected chi connectivity index (χ0v) is 17.6. The maximum atomic E-state index is 11.8. The van der Waals surface area contributed by atoms with Crippen LogP contribution in [-0.2, 0) is 16.1 Å². The van der Waals surface area contributed by atoms with E-state index in [4.69, 9.17) is 4.74 Å². The number of ether oxygens (including phenoxy) is 1. The summed E-state index contributed by atoms with van der Waals surface area (Å²) < 4.78 is 5.40.